The summed E-state index contributed by atoms with van der Waals surface area (Å²) in [5.41, 5.74) is 1.94. The molecule has 0 saturated carbocycles. The zero-order valence-corrected chi connectivity index (χ0v) is 19.4. The first-order valence-electron chi connectivity index (χ1n) is 9.69. The van der Waals surface area contributed by atoms with Crippen LogP contribution in [-0.4, -0.2) is 32.5 Å². The Bertz CT molecular complexity index is 1290. The molecule has 0 heterocycles. The van der Waals surface area contributed by atoms with Crippen LogP contribution in [0.2, 0.25) is 0 Å². The number of hydrogen-bond acceptors (Lipinski definition) is 6. The van der Waals surface area contributed by atoms with Crippen LogP contribution in [-0.2, 0) is 10.0 Å². The number of nitrogens with one attached hydrogen (secondary N) is 3. The summed E-state index contributed by atoms with van der Waals surface area (Å²) in [5, 5.41) is 5.47. The average Bonchev–Trinajstić information content (AvgIpc) is 2.79. The Kier molecular flexibility index (Phi) is 7.41. The third-order valence-corrected chi connectivity index (χ3v) is 6.17. The topological polar surface area (TPSA) is 114 Å². The van der Waals surface area contributed by atoms with Crippen molar-refractivity contribution in [3.63, 3.8) is 0 Å². The van der Waals surface area contributed by atoms with Crippen LogP contribution in [0.25, 0.3) is 0 Å². The highest BCUT2D eigenvalue weighted by molar-refractivity contribution is 7.90. The fourth-order valence-corrected chi connectivity index (χ4v) is 4.04. The summed E-state index contributed by atoms with van der Waals surface area (Å²) in [5.74, 6) is -0.573. The first-order valence-corrected chi connectivity index (χ1v) is 11.6. The van der Waals surface area contributed by atoms with Gasteiger partial charge >= 0.3 is 0 Å². The SMILES string of the molecule is COc1ccc(C(=O)NS(=O)(=O)c2ccc(NC(=S)NC(=O)c3ccccc3C)cc2)cc1. The van der Waals surface area contributed by atoms with Crippen molar-refractivity contribution in [3.8, 4) is 5.75 Å². The Morgan fingerprint density at radius 1 is 0.879 bits per heavy atom. The summed E-state index contributed by atoms with van der Waals surface area (Å²) in [7, 11) is -2.60. The Labute approximate surface area is 197 Å². The first kappa shape index (κ1) is 23.9. The number of sulfonamides is 1. The van der Waals surface area contributed by atoms with E-state index in [1.807, 2.05) is 23.8 Å². The molecule has 0 aliphatic rings. The molecule has 0 aliphatic heterocycles. The van der Waals surface area contributed by atoms with Gasteiger partial charge in [0, 0.05) is 16.8 Å². The van der Waals surface area contributed by atoms with Gasteiger partial charge in [-0.15, -0.1) is 0 Å². The summed E-state index contributed by atoms with van der Waals surface area (Å²) < 4.78 is 32.1. The number of anilines is 1. The van der Waals surface area contributed by atoms with Gasteiger partial charge in [0.2, 0.25) is 0 Å². The van der Waals surface area contributed by atoms with Gasteiger partial charge in [0.1, 0.15) is 5.75 Å². The van der Waals surface area contributed by atoms with E-state index >= 15 is 0 Å². The van der Waals surface area contributed by atoms with E-state index in [0.717, 1.165) is 5.56 Å². The predicted molar refractivity (Wildman–Crippen MR) is 129 cm³/mol. The van der Waals surface area contributed by atoms with E-state index in [4.69, 9.17) is 17.0 Å². The van der Waals surface area contributed by atoms with E-state index < -0.39 is 15.9 Å². The maximum atomic E-state index is 12.5. The molecule has 0 atom stereocenters. The van der Waals surface area contributed by atoms with E-state index in [9.17, 15) is 18.0 Å². The van der Waals surface area contributed by atoms with Crippen LogP contribution in [0, 0.1) is 6.92 Å². The highest BCUT2D eigenvalue weighted by Crippen LogP contribution is 2.16. The zero-order chi connectivity index (χ0) is 24.0. The third kappa shape index (κ3) is 6.15. The summed E-state index contributed by atoms with van der Waals surface area (Å²) in [6.45, 7) is 1.82. The Morgan fingerprint density at radius 2 is 1.52 bits per heavy atom. The minimum atomic E-state index is -4.09. The van der Waals surface area contributed by atoms with Gasteiger partial charge in [0.05, 0.1) is 12.0 Å². The fourth-order valence-electron chi connectivity index (χ4n) is 2.86. The van der Waals surface area contributed by atoms with Crippen LogP contribution in [0.1, 0.15) is 26.3 Å². The molecule has 3 aromatic carbocycles. The summed E-state index contributed by atoms with van der Waals surface area (Å²) in [6.07, 6.45) is 0. The van der Waals surface area contributed by atoms with Gasteiger partial charge in [-0.2, -0.15) is 0 Å². The molecular formula is C23H21N3O5S2. The molecule has 170 valence electrons. The number of rotatable bonds is 6. The Hall–Kier alpha value is -3.76. The van der Waals surface area contributed by atoms with E-state index in [2.05, 4.69) is 10.6 Å². The predicted octanol–water partition coefficient (Wildman–Crippen LogP) is 3.25. The van der Waals surface area contributed by atoms with Crippen LogP contribution in [0.3, 0.4) is 0 Å². The normalized spacial score (nSPS) is 10.7. The van der Waals surface area contributed by atoms with Crippen LogP contribution in [0.4, 0.5) is 5.69 Å². The van der Waals surface area contributed by atoms with Gasteiger partial charge in [-0.05, 0) is 79.3 Å². The van der Waals surface area contributed by atoms with Crippen LogP contribution in [0.5, 0.6) is 5.75 Å². The molecule has 0 fully saturated rings. The number of benzene rings is 3. The maximum Gasteiger partial charge on any atom is 0.265 e. The van der Waals surface area contributed by atoms with Gasteiger partial charge in [-0.25, -0.2) is 13.1 Å². The number of methoxy groups -OCH3 is 1. The van der Waals surface area contributed by atoms with E-state index in [1.54, 1.807) is 24.3 Å². The molecule has 33 heavy (non-hydrogen) atoms. The minimum Gasteiger partial charge on any atom is -0.497 e. The molecule has 0 radical (unpaired) electrons. The van der Waals surface area contributed by atoms with Gasteiger partial charge in [-0.3, -0.25) is 14.9 Å². The largest absolute Gasteiger partial charge is 0.497 e. The number of hydrogen-bond donors (Lipinski definition) is 3. The van der Waals surface area contributed by atoms with E-state index in [-0.39, 0.29) is 21.5 Å². The second-order valence-corrected chi connectivity index (χ2v) is 9.00. The molecule has 3 N–H and O–H groups in total. The number of thiocarbonyl (C=S) groups is 1. The summed E-state index contributed by atoms with van der Waals surface area (Å²) >= 11 is 5.16. The van der Waals surface area contributed by atoms with Crippen LogP contribution < -0.4 is 20.1 Å². The highest BCUT2D eigenvalue weighted by atomic mass is 32.2. The molecule has 8 nitrogen and oxygen atoms in total. The van der Waals surface area contributed by atoms with Crippen molar-refractivity contribution in [2.24, 2.45) is 0 Å². The lowest BCUT2D eigenvalue weighted by atomic mass is 10.1. The molecule has 3 rings (SSSR count). The highest BCUT2D eigenvalue weighted by Gasteiger charge is 2.19. The monoisotopic (exact) mass is 483 g/mol. The number of carbonyl (C=O) groups excluding carboxylic acids is 2. The minimum absolute atomic E-state index is 0.0617. The fraction of sp³-hybridized carbons (Fsp3) is 0.0870. The number of carbonyl (C=O) groups is 2. The maximum absolute atomic E-state index is 12.5. The number of amides is 2. The van der Waals surface area contributed by atoms with Crippen molar-refractivity contribution >= 4 is 44.9 Å². The van der Waals surface area contributed by atoms with E-state index in [1.165, 1.54) is 43.5 Å². The van der Waals surface area contributed by atoms with Crippen molar-refractivity contribution < 1.29 is 22.7 Å². The van der Waals surface area contributed by atoms with Gasteiger partial charge in [0.25, 0.3) is 21.8 Å². The Balaban J connectivity index is 1.62. The molecule has 10 heteroatoms. The van der Waals surface area contributed by atoms with Gasteiger partial charge in [-0.1, -0.05) is 18.2 Å². The Morgan fingerprint density at radius 3 is 2.12 bits per heavy atom. The quantitative estimate of drug-likeness (QED) is 0.461. The molecule has 0 spiro atoms. The van der Waals surface area contributed by atoms with Crippen LogP contribution in [0.15, 0.2) is 77.7 Å². The first-order chi connectivity index (χ1) is 15.7. The number of ether oxygens (including phenoxy) is 1. The van der Waals surface area contributed by atoms with Crippen molar-refractivity contribution in [2.75, 3.05) is 12.4 Å². The summed E-state index contributed by atoms with van der Waals surface area (Å²) in [6, 6.07) is 18.7. The lowest BCUT2D eigenvalue weighted by Crippen LogP contribution is -2.34. The third-order valence-electron chi connectivity index (χ3n) is 4.62. The second-order valence-electron chi connectivity index (χ2n) is 6.91. The average molecular weight is 484 g/mol. The van der Waals surface area contributed by atoms with E-state index in [0.29, 0.717) is 17.0 Å². The lowest BCUT2D eigenvalue weighted by molar-refractivity contribution is 0.0970. The van der Waals surface area contributed by atoms with Crippen molar-refractivity contribution in [2.45, 2.75) is 11.8 Å². The van der Waals surface area contributed by atoms with Crippen LogP contribution >= 0.6 is 12.2 Å². The van der Waals surface area contributed by atoms with Crippen molar-refractivity contribution in [3.05, 3.63) is 89.5 Å². The second kappa shape index (κ2) is 10.2. The molecule has 0 aromatic heterocycles. The van der Waals surface area contributed by atoms with Crippen molar-refractivity contribution in [1.29, 1.82) is 0 Å². The zero-order valence-electron chi connectivity index (χ0n) is 17.8. The smallest absolute Gasteiger partial charge is 0.265 e. The molecular weight excluding hydrogens is 462 g/mol. The lowest BCUT2D eigenvalue weighted by Gasteiger charge is -2.12. The molecule has 0 bridgehead atoms. The molecule has 3 aromatic rings. The molecule has 0 saturated heterocycles. The van der Waals surface area contributed by atoms with Gasteiger partial charge < -0.3 is 10.1 Å². The van der Waals surface area contributed by atoms with Crippen molar-refractivity contribution in [1.82, 2.24) is 10.0 Å². The summed E-state index contributed by atoms with van der Waals surface area (Å²) in [4.78, 5) is 24.5. The molecule has 0 unspecified atom stereocenters. The molecule has 0 aliphatic carbocycles. The van der Waals surface area contributed by atoms with Gasteiger partial charge in [0.15, 0.2) is 5.11 Å². The number of aryl methyl sites for hydroxylation is 1. The molecule has 2 amide bonds. The standard InChI is InChI=1S/C23H21N3O5S2/c1-15-5-3-4-6-20(15)22(28)25-23(32)24-17-9-13-19(14-10-17)33(29,30)26-21(27)16-7-11-18(31-2)12-8-16/h3-14H,1-2H3,(H,26,27)(H2,24,25,28,32).